The second kappa shape index (κ2) is 7.49. The summed E-state index contributed by atoms with van der Waals surface area (Å²) < 4.78 is 5.18. The van der Waals surface area contributed by atoms with Gasteiger partial charge in [-0.3, -0.25) is 4.79 Å². The Morgan fingerprint density at radius 1 is 1.12 bits per heavy atom. The maximum absolute atomic E-state index is 12.4. The fourth-order valence-electron chi connectivity index (χ4n) is 2.49. The molecular weight excluding hydrogens is 300 g/mol. The molecule has 0 saturated heterocycles. The lowest BCUT2D eigenvalue weighted by molar-refractivity contribution is -0.122. The third-order valence-electron chi connectivity index (χ3n) is 4.29. The molecule has 0 radical (unpaired) electrons. The molecule has 4 nitrogen and oxygen atoms in total. The van der Waals surface area contributed by atoms with Crippen molar-refractivity contribution < 1.29 is 9.53 Å². The van der Waals surface area contributed by atoms with Crippen molar-refractivity contribution in [2.24, 2.45) is 5.73 Å². The number of nitrogens with one attached hydrogen (secondary N) is 1. The molecule has 1 unspecified atom stereocenters. The first-order valence-electron chi connectivity index (χ1n) is 8.08. The van der Waals surface area contributed by atoms with Gasteiger partial charge in [0.2, 0.25) is 5.91 Å². The molecular formula is C20H26N2O2. The molecule has 2 aromatic rings. The van der Waals surface area contributed by atoms with Crippen LogP contribution in [-0.4, -0.2) is 19.6 Å². The van der Waals surface area contributed by atoms with E-state index in [4.69, 9.17) is 10.5 Å². The van der Waals surface area contributed by atoms with Crippen LogP contribution >= 0.6 is 0 Å². The van der Waals surface area contributed by atoms with Crippen LogP contribution in [0.2, 0.25) is 0 Å². The molecule has 2 rings (SSSR count). The Bertz CT molecular complexity index is 676. The highest BCUT2D eigenvalue weighted by Crippen LogP contribution is 2.24. The highest BCUT2D eigenvalue weighted by molar-refractivity contribution is 5.83. The summed E-state index contributed by atoms with van der Waals surface area (Å²) in [5, 5.41) is 2.97. The van der Waals surface area contributed by atoms with Gasteiger partial charge in [0.25, 0.3) is 0 Å². The molecule has 0 bridgehead atoms. The lowest BCUT2D eigenvalue weighted by atomic mass is 9.84. The molecule has 4 heteroatoms. The number of nitrogens with two attached hydrogens (primary N) is 1. The number of amides is 1. The molecule has 0 aliphatic carbocycles. The zero-order valence-electron chi connectivity index (χ0n) is 14.8. The van der Waals surface area contributed by atoms with E-state index in [1.54, 1.807) is 7.11 Å². The highest BCUT2D eigenvalue weighted by atomic mass is 16.5. The van der Waals surface area contributed by atoms with Crippen LogP contribution < -0.4 is 15.8 Å². The average molecular weight is 326 g/mol. The summed E-state index contributed by atoms with van der Waals surface area (Å²) in [5.41, 5.74) is 8.96. The summed E-state index contributed by atoms with van der Waals surface area (Å²) in [5.74, 6) is 0.653. The molecule has 0 heterocycles. The number of rotatable bonds is 6. The number of aryl methyl sites for hydroxylation is 1. The summed E-state index contributed by atoms with van der Waals surface area (Å²) in [6.07, 6.45) is 0. The monoisotopic (exact) mass is 326 g/mol. The maximum Gasteiger partial charge on any atom is 0.241 e. The van der Waals surface area contributed by atoms with Gasteiger partial charge in [-0.15, -0.1) is 0 Å². The molecule has 0 spiro atoms. The van der Waals surface area contributed by atoms with Gasteiger partial charge in [-0.2, -0.15) is 0 Å². The third kappa shape index (κ3) is 4.36. The molecule has 1 amide bonds. The molecule has 2 aromatic carbocycles. The minimum absolute atomic E-state index is 0.166. The van der Waals surface area contributed by atoms with Gasteiger partial charge in [-0.05, 0) is 30.2 Å². The van der Waals surface area contributed by atoms with Crippen molar-refractivity contribution in [3.8, 4) is 5.75 Å². The van der Waals surface area contributed by atoms with Crippen LogP contribution in [0.1, 0.15) is 36.6 Å². The Morgan fingerprint density at radius 3 is 2.25 bits per heavy atom. The summed E-state index contributed by atoms with van der Waals surface area (Å²) in [4.78, 5) is 12.4. The molecule has 0 aromatic heterocycles. The van der Waals surface area contributed by atoms with Crippen molar-refractivity contribution in [1.82, 2.24) is 5.32 Å². The van der Waals surface area contributed by atoms with Crippen LogP contribution in [0, 0.1) is 6.92 Å². The van der Waals surface area contributed by atoms with Crippen LogP contribution in [0.5, 0.6) is 5.75 Å². The Kier molecular flexibility index (Phi) is 5.62. The van der Waals surface area contributed by atoms with E-state index in [-0.39, 0.29) is 11.3 Å². The van der Waals surface area contributed by atoms with Gasteiger partial charge in [-0.25, -0.2) is 0 Å². The first-order chi connectivity index (χ1) is 11.3. The van der Waals surface area contributed by atoms with Gasteiger partial charge in [0, 0.05) is 12.0 Å². The third-order valence-corrected chi connectivity index (χ3v) is 4.29. The number of benzene rings is 2. The van der Waals surface area contributed by atoms with Crippen molar-refractivity contribution in [3.05, 3.63) is 65.2 Å². The molecule has 0 fully saturated rings. The van der Waals surface area contributed by atoms with E-state index in [2.05, 4.69) is 19.2 Å². The van der Waals surface area contributed by atoms with E-state index in [0.717, 1.165) is 22.4 Å². The second-order valence-electron chi connectivity index (χ2n) is 6.72. The minimum Gasteiger partial charge on any atom is -0.497 e. The summed E-state index contributed by atoms with van der Waals surface area (Å²) in [6, 6.07) is 15.0. The van der Waals surface area contributed by atoms with Gasteiger partial charge in [-0.1, -0.05) is 55.8 Å². The van der Waals surface area contributed by atoms with Gasteiger partial charge in [0.05, 0.1) is 7.11 Å². The van der Waals surface area contributed by atoms with Crippen molar-refractivity contribution in [1.29, 1.82) is 0 Å². The minimum atomic E-state index is -0.655. The normalized spacial score (nSPS) is 12.5. The number of methoxy groups -OCH3 is 1. The fourth-order valence-corrected chi connectivity index (χ4v) is 2.49. The molecule has 0 saturated carbocycles. The predicted octanol–water partition coefficient (Wildman–Crippen LogP) is 3.10. The van der Waals surface area contributed by atoms with Crippen molar-refractivity contribution in [2.45, 2.75) is 32.2 Å². The van der Waals surface area contributed by atoms with Crippen molar-refractivity contribution in [2.75, 3.05) is 13.7 Å². The topological polar surface area (TPSA) is 64.3 Å². The fraction of sp³-hybridized carbons (Fsp3) is 0.350. The number of hydrogen-bond donors (Lipinski definition) is 2. The lowest BCUT2D eigenvalue weighted by Gasteiger charge is -2.26. The number of hydrogen-bond acceptors (Lipinski definition) is 3. The van der Waals surface area contributed by atoms with Gasteiger partial charge >= 0.3 is 0 Å². The molecule has 1 atom stereocenters. The van der Waals surface area contributed by atoms with Crippen LogP contribution in [0.3, 0.4) is 0 Å². The molecule has 0 aliphatic heterocycles. The zero-order chi connectivity index (χ0) is 17.7. The first kappa shape index (κ1) is 18.0. The Labute approximate surface area is 144 Å². The quantitative estimate of drug-likeness (QED) is 0.857. The molecule has 3 N–H and O–H groups in total. The van der Waals surface area contributed by atoms with E-state index in [9.17, 15) is 4.79 Å². The second-order valence-corrected chi connectivity index (χ2v) is 6.72. The van der Waals surface area contributed by atoms with E-state index in [1.807, 2.05) is 55.5 Å². The number of ether oxygens (including phenoxy) is 1. The van der Waals surface area contributed by atoms with Crippen molar-refractivity contribution >= 4 is 5.91 Å². The van der Waals surface area contributed by atoms with Gasteiger partial charge < -0.3 is 15.8 Å². The number of carbonyl (C=O) groups is 1. The Morgan fingerprint density at radius 2 is 1.71 bits per heavy atom. The van der Waals surface area contributed by atoms with E-state index < -0.39 is 6.04 Å². The number of carbonyl (C=O) groups excluding carboxylic acids is 1. The molecule has 24 heavy (non-hydrogen) atoms. The zero-order valence-corrected chi connectivity index (χ0v) is 14.8. The predicted molar refractivity (Wildman–Crippen MR) is 97.1 cm³/mol. The Hall–Kier alpha value is -2.33. The van der Waals surface area contributed by atoms with Crippen LogP contribution in [-0.2, 0) is 10.2 Å². The summed E-state index contributed by atoms with van der Waals surface area (Å²) in [7, 11) is 1.65. The largest absolute Gasteiger partial charge is 0.497 e. The van der Waals surface area contributed by atoms with Crippen LogP contribution in [0.25, 0.3) is 0 Å². The first-order valence-corrected chi connectivity index (χ1v) is 8.08. The smallest absolute Gasteiger partial charge is 0.241 e. The highest BCUT2D eigenvalue weighted by Gasteiger charge is 2.23. The van der Waals surface area contributed by atoms with Gasteiger partial charge in [0.15, 0.2) is 0 Å². The van der Waals surface area contributed by atoms with E-state index in [0.29, 0.717) is 6.54 Å². The van der Waals surface area contributed by atoms with E-state index in [1.165, 1.54) is 0 Å². The van der Waals surface area contributed by atoms with E-state index >= 15 is 0 Å². The standard InChI is InChI=1S/C20H26N2O2/c1-14-5-7-15(8-6-14)18(21)19(23)22-13-20(2,3)16-9-11-17(24-4)12-10-16/h5-12,18H,13,21H2,1-4H3,(H,22,23). The average Bonchev–Trinajstić information content (AvgIpc) is 2.60. The summed E-state index contributed by atoms with van der Waals surface area (Å²) in [6.45, 7) is 6.70. The molecule has 0 aliphatic rings. The Balaban J connectivity index is 1.99. The van der Waals surface area contributed by atoms with Crippen LogP contribution in [0.4, 0.5) is 0 Å². The maximum atomic E-state index is 12.4. The lowest BCUT2D eigenvalue weighted by Crippen LogP contribution is -2.41. The van der Waals surface area contributed by atoms with Crippen LogP contribution in [0.15, 0.2) is 48.5 Å². The molecule has 128 valence electrons. The van der Waals surface area contributed by atoms with Gasteiger partial charge in [0.1, 0.15) is 11.8 Å². The van der Waals surface area contributed by atoms with Crippen molar-refractivity contribution in [3.63, 3.8) is 0 Å². The summed E-state index contributed by atoms with van der Waals surface area (Å²) >= 11 is 0. The SMILES string of the molecule is COc1ccc(C(C)(C)CNC(=O)C(N)c2ccc(C)cc2)cc1.